The fourth-order valence-corrected chi connectivity index (χ4v) is 5.08. The van der Waals surface area contributed by atoms with Crippen molar-refractivity contribution in [2.75, 3.05) is 17.6 Å². The van der Waals surface area contributed by atoms with E-state index in [0.717, 1.165) is 11.3 Å². The number of hydrogen-bond acceptors (Lipinski definition) is 5. The summed E-state index contributed by atoms with van der Waals surface area (Å²) in [7, 11) is 0. The Bertz CT molecular complexity index is 1130. The van der Waals surface area contributed by atoms with Crippen LogP contribution in [0.2, 0.25) is 0 Å². The van der Waals surface area contributed by atoms with Crippen molar-refractivity contribution in [1.29, 1.82) is 0 Å². The molecule has 2 aromatic carbocycles. The second kappa shape index (κ2) is 6.38. The van der Waals surface area contributed by atoms with E-state index in [4.69, 9.17) is 5.73 Å². The van der Waals surface area contributed by atoms with Crippen LogP contribution in [0.25, 0.3) is 0 Å². The van der Waals surface area contributed by atoms with Crippen molar-refractivity contribution in [3.63, 3.8) is 0 Å². The summed E-state index contributed by atoms with van der Waals surface area (Å²) < 4.78 is 13.6. The van der Waals surface area contributed by atoms with Crippen LogP contribution in [-0.4, -0.2) is 28.2 Å². The number of benzene rings is 2. The molecule has 2 atom stereocenters. The van der Waals surface area contributed by atoms with E-state index in [2.05, 4.69) is 10.3 Å². The number of anilines is 2. The van der Waals surface area contributed by atoms with E-state index >= 15 is 0 Å². The van der Waals surface area contributed by atoms with Gasteiger partial charge in [-0.15, -0.1) is 11.3 Å². The summed E-state index contributed by atoms with van der Waals surface area (Å²) in [4.78, 5) is 32.3. The summed E-state index contributed by atoms with van der Waals surface area (Å²) in [5.41, 5.74) is 7.33. The second-order valence-corrected chi connectivity index (χ2v) is 8.13. The molecular weight excluding hydrogens is 391 g/mol. The van der Waals surface area contributed by atoms with E-state index in [1.165, 1.54) is 23.5 Å². The number of hydrogen-bond donors (Lipinski definition) is 2. The molecule has 1 fully saturated rings. The highest BCUT2D eigenvalue weighted by atomic mass is 32.1. The molecule has 0 radical (unpaired) electrons. The van der Waals surface area contributed by atoms with Gasteiger partial charge in [-0.2, -0.15) is 0 Å². The molecule has 1 spiro atoms. The summed E-state index contributed by atoms with van der Waals surface area (Å²) in [5.74, 6) is -0.815. The van der Waals surface area contributed by atoms with Crippen LogP contribution in [0.15, 0.2) is 53.9 Å². The summed E-state index contributed by atoms with van der Waals surface area (Å²) in [6.45, 7) is 0.375. The molecule has 8 heteroatoms. The molecule has 1 aromatic heterocycles. The minimum atomic E-state index is -0.939. The van der Waals surface area contributed by atoms with Crippen LogP contribution in [0.3, 0.4) is 0 Å². The molecule has 0 unspecified atom stereocenters. The van der Waals surface area contributed by atoms with Crippen LogP contribution in [0.4, 0.5) is 15.2 Å². The molecule has 0 saturated carbocycles. The molecule has 2 amide bonds. The van der Waals surface area contributed by atoms with E-state index in [1.54, 1.807) is 22.4 Å². The number of aromatic nitrogens is 1. The largest absolute Gasteiger partial charge is 0.375 e. The Morgan fingerprint density at radius 1 is 1.24 bits per heavy atom. The molecule has 0 aliphatic carbocycles. The first-order valence-electron chi connectivity index (χ1n) is 9.19. The fourth-order valence-electron chi connectivity index (χ4n) is 4.55. The van der Waals surface area contributed by atoms with Crippen LogP contribution in [0.5, 0.6) is 0 Å². The van der Waals surface area contributed by atoms with Gasteiger partial charge in [0.1, 0.15) is 16.9 Å². The SMILES string of the molecule is Nc1nc(C(=O)N2CC[C@]3(C(=O)Nc4ccccc43)[C@@H]2c2ccc(F)cc2)cs1. The number of amides is 2. The predicted molar refractivity (Wildman–Crippen MR) is 108 cm³/mol. The first-order valence-corrected chi connectivity index (χ1v) is 10.1. The highest BCUT2D eigenvalue weighted by Crippen LogP contribution is 2.54. The number of carbonyl (C=O) groups is 2. The maximum absolute atomic E-state index is 13.6. The fraction of sp³-hybridized carbons (Fsp3) is 0.190. The predicted octanol–water partition coefficient (Wildman–Crippen LogP) is 3.34. The van der Waals surface area contributed by atoms with Crippen LogP contribution in [0, 0.1) is 5.82 Å². The Morgan fingerprint density at radius 2 is 2.00 bits per heavy atom. The number of nitrogens with zero attached hydrogens (tertiary/aromatic N) is 2. The van der Waals surface area contributed by atoms with Gasteiger partial charge in [-0.1, -0.05) is 30.3 Å². The minimum absolute atomic E-state index is 0.152. The molecule has 0 bridgehead atoms. The molecule has 3 heterocycles. The van der Waals surface area contributed by atoms with Crippen molar-refractivity contribution < 1.29 is 14.0 Å². The highest BCUT2D eigenvalue weighted by molar-refractivity contribution is 7.13. The number of halogens is 1. The van der Waals surface area contributed by atoms with E-state index < -0.39 is 11.5 Å². The quantitative estimate of drug-likeness (QED) is 0.681. The van der Waals surface area contributed by atoms with Gasteiger partial charge in [0.15, 0.2) is 5.13 Å². The standard InChI is InChI=1S/C21H17FN4O2S/c22-13-7-5-12(6-8-13)17-21(14-3-1-2-4-15(14)24-19(21)28)9-10-26(17)18(27)16-11-29-20(23)25-16/h1-8,11,17H,9-10H2,(H2,23,25)(H,24,28)/t17-,21+/m0/s1. The lowest BCUT2D eigenvalue weighted by Crippen LogP contribution is -2.42. The van der Waals surface area contributed by atoms with Gasteiger partial charge in [0, 0.05) is 17.6 Å². The number of thiazole rings is 1. The molecule has 1 saturated heterocycles. The van der Waals surface area contributed by atoms with Crippen LogP contribution < -0.4 is 11.1 Å². The van der Waals surface area contributed by atoms with Crippen molar-refractivity contribution >= 4 is 34.0 Å². The number of rotatable bonds is 2. The van der Waals surface area contributed by atoms with Gasteiger partial charge in [0.2, 0.25) is 5.91 Å². The van der Waals surface area contributed by atoms with Gasteiger partial charge in [-0.25, -0.2) is 9.37 Å². The number of likely N-dealkylation sites (tertiary alicyclic amines) is 1. The summed E-state index contributed by atoms with van der Waals surface area (Å²) >= 11 is 1.19. The number of nitrogens with one attached hydrogen (secondary N) is 1. The zero-order chi connectivity index (χ0) is 20.2. The van der Waals surface area contributed by atoms with E-state index in [1.807, 2.05) is 24.3 Å². The zero-order valence-corrected chi connectivity index (χ0v) is 16.1. The summed E-state index contributed by atoms with van der Waals surface area (Å²) in [6, 6.07) is 12.9. The van der Waals surface area contributed by atoms with Crippen LogP contribution >= 0.6 is 11.3 Å². The highest BCUT2D eigenvalue weighted by Gasteiger charge is 2.59. The minimum Gasteiger partial charge on any atom is -0.375 e. The van der Waals surface area contributed by atoms with Gasteiger partial charge in [-0.05, 0) is 35.7 Å². The topological polar surface area (TPSA) is 88.3 Å². The molecule has 29 heavy (non-hydrogen) atoms. The lowest BCUT2D eigenvalue weighted by molar-refractivity contribution is -0.121. The second-order valence-electron chi connectivity index (χ2n) is 7.24. The lowest BCUT2D eigenvalue weighted by atomic mass is 9.72. The normalized spacial score (nSPS) is 22.7. The van der Waals surface area contributed by atoms with Gasteiger partial charge < -0.3 is 16.0 Å². The van der Waals surface area contributed by atoms with Crippen molar-refractivity contribution in [2.24, 2.45) is 0 Å². The van der Waals surface area contributed by atoms with Gasteiger partial charge in [-0.3, -0.25) is 9.59 Å². The van der Waals surface area contributed by atoms with Gasteiger partial charge in [0.05, 0.1) is 6.04 Å². The van der Waals surface area contributed by atoms with Crippen LogP contribution in [0.1, 0.15) is 34.1 Å². The number of nitrogens with two attached hydrogens (primary N) is 1. The average Bonchev–Trinajstić information content (AvgIpc) is 3.40. The molecule has 2 aliphatic rings. The summed E-state index contributed by atoms with van der Waals surface area (Å²) in [6.07, 6.45) is 0.462. The molecule has 3 N–H and O–H groups in total. The summed E-state index contributed by atoms with van der Waals surface area (Å²) in [5, 5.41) is 4.89. The zero-order valence-electron chi connectivity index (χ0n) is 15.3. The third-order valence-corrected chi connectivity index (χ3v) is 6.45. The van der Waals surface area contributed by atoms with E-state index in [0.29, 0.717) is 23.7 Å². The number of para-hydroxylation sites is 1. The Labute approximate surface area is 170 Å². The first-order chi connectivity index (χ1) is 14.0. The van der Waals surface area contributed by atoms with Crippen molar-refractivity contribution in [2.45, 2.75) is 17.9 Å². The van der Waals surface area contributed by atoms with Crippen LogP contribution in [-0.2, 0) is 10.2 Å². The number of fused-ring (bicyclic) bond motifs is 2. The maximum Gasteiger partial charge on any atom is 0.273 e. The number of nitrogen functional groups attached to an aromatic ring is 1. The Balaban J connectivity index is 1.67. The first kappa shape index (κ1) is 17.8. The molecule has 2 aliphatic heterocycles. The number of carbonyl (C=O) groups excluding carboxylic acids is 2. The molecule has 146 valence electrons. The van der Waals surface area contributed by atoms with Gasteiger partial charge >= 0.3 is 0 Å². The molecular formula is C21H17FN4O2S. The monoisotopic (exact) mass is 408 g/mol. The third-order valence-electron chi connectivity index (χ3n) is 5.77. The molecule has 5 rings (SSSR count). The maximum atomic E-state index is 13.6. The van der Waals surface area contributed by atoms with Crippen molar-refractivity contribution in [3.8, 4) is 0 Å². The Kier molecular flexibility index (Phi) is 3.92. The Hall–Kier alpha value is -3.26. The lowest BCUT2D eigenvalue weighted by Gasteiger charge is -2.34. The Morgan fingerprint density at radius 3 is 2.72 bits per heavy atom. The smallest absolute Gasteiger partial charge is 0.273 e. The van der Waals surface area contributed by atoms with E-state index in [-0.39, 0.29) is 23.3 Å². The van der Waals surface area contributed by atoms with Gasteiger partial charge in [0.25, 0.3) is 5.91 Å². The van der Waals surface area contributed by atoms with Crippen molar-refractivity contribution in [3.05, 3.63) is 76.5 Å². The third kappa shape index (κ3) is 2.56. The van der Waals surface area contributed by atoms with Crippen molar-refractivity contribution in [1.82, 2.24) is 9.88 Å². The average molecular weight is 408 g/mol. The molecule has 3 aromatic rings. The molecule has 6 nitrogen and oxygen atoms in total. The van der Waals surface area contributed by atoms with E-state index in [9.17, 15) is 14.0 Å².